The van der Waals surface area contributed by atoms with E-state index in [9.17, 15) is 10.1 Å². The number of nitriles is 1. The van der Waals surface area contributed by atoms with Crippen LogP contribution in [-0.4, -0.2) is 12.0 Å². The third-order valence-electron chi connectivity index (χ3n) is 1.78. The van der Waals surface area contributed by atoms with Gasteiger partial charge in [0.15, 0.2) is 0 Å². The summed E-state index contributed by atoms with van der Waals surface area (Å²) in [6, 6.07) is 6.01. The first-order valence-corrected chi connectivity index (χ1v) is 4.37. The SMILES string of the molecule is COc1ccc([N+](=O)[O-])cc1C#CCC#N. The third-order valence-corrected chi connectivity index (χ3v) is 1.78. The monoisotopic (exact) mass is 216 g/mol. The molecule has 0 bridgehead atoms. The van der Waals surface area contributed by atoms with E-state index in [0.29, 0.717) is 11.3 Å². The van der Waals surface area contributed by atoms with Crippen LogP contribution in [0.25, 0.3) is 0 Å². The molecule has 0 saturated heterocycles. The molecule has 16 heavy (non-hydrogen) atoms. The van der Waals surface area contributed by atoms with E-state index in [1.54, 1.807) is 0 Å². The van der Waals surface area contributed by atoms with E-state index in [1.807, 2.05) is 6.07 Å². The van der Waals surface area contributed by atoms with Gasteiger partial charge in [0.25, 0.3) is 5.69 Å². The van der Waals surface area contributed by atoms with Gasteiger partial charge >= 0.3 is 0 Å². The molecule has 1 aromatic carbocycles. The summed E-state index contributed by atoms with van der Waals surface area (Å²) < 4.78 is 5.00. The van der Waals surface area contributed by atoms with Gasteiger partial charge in [0, 0.05) is 12.1 Å². The number of nitro groups is 1. The molecule has 1 rings (SSSR count). The highest BCUT2D eigenvalue weighted by Gasteiger charge is 2.09. The van der Waals surface area contributed by atoms with E-state index in [-0.39, 0.29) is 12.1 Å². The topological polar surface area (TPSA) is 76.2 Å². The number of methoxy groups -OCH3 is 1. The number of benzene rings is 1. The summed E-state index contributed by atoms with van der Waals surface area (Å²) in [5.74, 6) is 5.69. The first-order valence-electron chi connectivity index (χ1n) is 4.37. The van der Waals surface area contributed by atoms with Gasteiger partial charge in [-0.2, -0.15) is 5.26 Å². The molecule has 0 aliphatic rings. The van der Waals surface area contributed by atoms with E-state index >= 15 is 0 Å². The highest BCUT2D eigenvalue weighted by Crippen LogP contribution is 2.22. The van der Waals surface area contributed by atoms with Gasteiger partial charge in [-0.3, -0.25) is 10.1 Å². The average molecular weight is 216 g/mol. The van der Waals surface area contributed by atoms with Crippen LogP contribution in [0.2, 0.25) is 0 Å². The fourth-order valence-electron chi connectivity index (χ4n) is 1.09. The second kappa shape index (κ2) is 5.38. The average Bonchev–Trinajstić information content (AvgIpc) is 2.29. The minimum atomic E-state index is -0.505. The van der Waals surface area contributed by atoms with Crippen LogP contribution in [0.4, 0.5) is 5.69 Å². The van der Waals surface area contributed by atoms with Gasteiger partial charge in [0.05, 0.1) is 30.1 Å². The number of nitro benzene ring substituents is 1. The molecule has 0 spiro atoms. The molecule has 0 aromatic heterocycles. The maximum absolute atomic E-state index is 10.5. The summed E-state index contributed by atoms with van der Waals surface area (Å²) in [5.41, 5.74) is 0.356. The van der Waals surface area contributed by atoms with E-state index in [0.717, 1.165) is 0 Å². The molecule has 0 radical (unpaired) electrons. The second-order valence-electron chi connectivity index (χ2n) is 2.78. The zero-order valence-corrected chi connectivity index (χ0v) is 8.56. The molecule has 0 amide bonds. The van der Waals surface area contributed by atoms with E-state index in [1.165, 1.54) is 25.3 Å². The second-order valence-corrected chi connectivity index (χ2v) is 2.78. The van der Waals surface area contributed by atoms with Crippen molar-refractivity contribution in [3.8, 4) is 23.7 Å². The number of hydrogen-bond acceptors (Lipinski definition) is 4. The van der Waals surface area contributed by atoms with Crippen molar-refractivity contribution < 1.29 is 9.66 Å². The van der Waals surface area contributed by atoms with Crippen molar-refractivity contribution in [1.82, 2.24) is 0 Å². The first kappa shape index (κ1) is 11.5. The molecule has 0 saturated carbocycles. The molecule has 0 fully saturated rings. The van der Waals surface area contributed by atoms with Gasteiger partial charge in [-0.25, -0.2) is 0 Å². The molecule has 0 unspecified atom stereocenters. The molecule has 0 N–H and O–H groups in total. The molecule has 0 heterocycles. The third kappa shape index (κ3) is 2.73. The quantitative estimate of drug-likeness (QED) is 0.429. The fraction of sp³-hybridized carbons (Fsp3) is 0.182. The smallest absolute Gasteiger partial charge is 0.270 e. The highest BCUT2D eigenvalue weighted by molar-refractivity contribution is 5.52. The van der Waals surface area contributed by atoms with Crippen LogP contribution < -0.4 is 4.74 Å². The lowest BCUT2D eigenvalue weighted by atomic mass is 10.2. The summed E-state index contributed by atoms with van der Waals surface area (Å²) in [7, 11) is 1.45. The lowest BCUT2D eigenvalue weighted by Gasteiger charge is -2.01. The minimum Gasteiger partial charge on any atom is -0.495 e. The van der Waals surface area contributed by atoms with Crippen LogP contribution in [0, 0.1) is 33.3 Å². The number of nitrogens with zero attached hydrogens (tertiary/aromatic N) is 2. The highest BCUT2D eigenvalue weighted by atomic mass is 16.6. The Morgan fingerprint density at radius 3 is 2.88 bits per heavy atom. The van der Waals surface area contributed by atoms with Crippen LogP contribution in [-0.2, 0) is 0 Å². The maximum Gasteiger partial charge on any atom is 0.270 e. The molecule has 5 heteroatoms. The predicted molar refractivity (Wildman–Crippen MR) is 56.8 cm³/mol. The summed E-state index contributed by atoms with van der Waals surface area (Å²) in [5, 5.41) is 18.9. The van der Waals surface area contributed by atoms with Crippen LogP contribution in [0.5, 0.6) is 5.75 Å². The fourth-order valence-corrected chi connectivity index (χ4v) is 1.09. The Morgan fingerprint density at radius 1 is 1.56 bits per heavy atom. The summed E-state index contributed by atoms with van der Waals surface area (Å²) in [6.07, 6.45) is 0.0752. The number of ether oxygens (including phenoxy) is 1. The Bertz CT molecular complexity index is 506. The van der Waals surface area contributed by atoms with Crippen molar-refractivity contribution in [1.29, 1.82) is 5.26 Å². The molecule has 5 nitrogen and oxygen atoms in total. The summed E-state index contributed by atoms with van der Waals surface area (Å²) in [6.45, 7) is 0. The van der Waals surface area contributed by atoms with Gasteiger partial charge in [-0.15, -0.1) is 0 Å². The number of non-ortho nitro benzene ring substituents is 1. The largest absolute Gasteiger partial charge is 0.495 e. The number of hydrogen-bond donors (Lipinski definition) is 0. The normalized spacial score (nSPS) is 8.50. The molecule has 80 valence electrons. The molecule has 0 aliphatic carbocycles. The lowest BCUT2D eigenvalue weighted by molar-refractivity contribution is -0.384. The zero-order chi connectivity index (χ0) is 12.0. The standard InChI is InChI=1S/C11H8N2O3/c1-16-11-6-5-10(13(14)15)8-9(11)4-2-3-7-12/h5-6,8H,3H2,1H3. The van der Waals surface area contributed by atoms with Gasteiger partial charge in [0.2, 0.25) is 0 Å². The summed E-state index contributed by atoms with van der Waals surface area (Å²) in [4.78, 5) is 10.0. The van der Waals surface area contributed by atoms with Gasteiger partial charge in [-0.05, 0) is 6.07 Å². The Hall–Kier alpha value is -2.53. The van der Waals surface area contributed by atoms with Crippen LogP contribution in [0.15, 0.2) is 18.2 Å². The van der Waals surface area contributed by atoms with Crippen molar-refractivity contribution in [3.63, 3.8) is 0 Å². The van der Waals surface area contributed by atoms with Crippen molar-refractivity contribution in [2.24, 2.45) is 0 Å². The van der Waals surface area contributed by atoms with Gasteiger partial charge in [-0.1, -0.05) is 11.8 Å². The van der Waals surface area contributed by atoms with Crippen molar-refractivity contribution in [3.05, 3.63) is 33.9 Å². The Balaban J connectivity index is 3.14. The van der Waals surface area contributed by atoms with Crippen molar-refractivity contribution >= 4 is 5.69 Å². The van der Waals surface area contributed by atoms with E-state index in [4.69, 9.17) is 10.00 Å². The molecule has 0 atom stereocenters. The first-order chi connectivity index (χ1) is 7.69. The van der Waals surface area contributed by atoms with Crippen molar-refractivity contribution in [2.75, 3.05) is 7.11 Å². The molecular formula is C11H8N2O3. The van der Waals surface area contributed by atoms with Gasteiger partial charge < -0.3 is 4.74 Å². The minimum absolute atomic E-state index is 0.0537. The maximum atomic E-state index is 10.5. The Labute approximate surface area is 92.4 Å². The lowest BCUT2D eigenvalue weighted by Crippen LogP contribution is -1.92. The van der Waals surface area contributed by atoms with Crippen molar-refractivity contribution in [2.45, 2.75) is 6.42 Å². The van der Waals surface area contributed by atoms with Crippen LogP contribution >= 0.6 is 0 Å². The Morgan fingerprint density at radius 2 is 2.31 bits per heavy atom. The van der Waals surface area contributed by atoms with E-state index < -0.39 is 4.92 Å². The molecule has 1 aromatic rings. The molecule has 0 aliphatic heterocycles. The zero-order valence-electron chi connectivity index (χ0n) is 8.56. The summed E-state index contributed by atoms with van der Waals surface area (Å²) >= 11 is 0. The number of rotatable bonds is 2. The van der Waals surface area contributed by atoms with Gasteiger partial charge in [0.1, 0.15) is 5.75 Å². The Kier molecular flexibility index (Phi) is 3.88. The van der Waals surface area contributed by atoms with Crippen LogP contribution in [0.3, 0.4) is 0 Å². The molecular weight excluding hydrogens is 208 g/mol. The van der Waals surface area contributed by atoms with E-state index in [2.05, 4.69) is 11.8 Å². The van der Waals surface area contributed by atoms with Crippen LogP contribution in [0.1, 0.15) is 12.0 Å². The predicted octanol–water partition coefficient (Wildman–Crippen LogP) is 1.87.